The number of benzene rings is 2. The summed E-state index contributed by atoms with van der Waals surface area (Å²) in [5.41, 5.74) is 4.19. The van der Waals surface area contributed by atoms with Crippen molar-refractivity contribution >= 4 is 22.2 Å². The van der Waals surface area contributed by atoms with Gasteiger partial charge in [-0.1, -0.05) is 30.3 Å². The van der Waals surface area contributed by atoms with Crippen LogP contribution < -0.4 is 5.32 Å². The fourth-order valence-corrected chi connectivity index (χ4v) is 4.09. The van der Waals surface area contributed by atoms with Crippen LogP contribution in [0.15, 0.2) is 70.5 Å². The smallest absolute Gasteiger partial charge is 0.161 e. The van der Waals surface area contributed by atoms with Crippen molar-refractivity contribution in [3.63, 3.8) is 0 Å². The predicted octanol–water partition coefficient (Wildman–Crippen LogP) is 5.00. The maximum atomic E-state index is 12.7. The summed E-state index contributed by atoms with van der Waals surface area (Å²) >= 11 is 0. The number of carbonyl (C=O) groups is 1. The molecule has 24 heavy (non-hydrogen) atoms. The van der Waals surface area contributed by atoms with Crippen LogP contribution in [0.1, 0.15) is 36.5 Å². The lowest BCUT2D eigenvalue weighted by atomic mass is 9.76. The van der Waals surface area contributed by atoms with E-state index in [4.69, 9.17) is 4.42 Å². The Labute approximate surface area is 140 Å². The molecule has 0 radical (unpaired) electrons. The van der Waals surface area contributed by atoms with Crippen molar-refractivity contribution in [2.24, 2.45) is 0 Å². The SMILES string of the molecule is O=C1CCCC2=C1C(c1ccco1)c1c(ccc3ccccc13)N2. The van der Waals surface area contributed by atoms with E-state index in [1.54, 1.807) is 6.26 Å². The molecule has 1 N–H and O–H groups in total. The second kappa shape index (κ2) is 5.10. The fourth-order valence-electron chi connectivity index (χ4n) is 4.09. The minimum absolute atomic E-state index is 0.120. The first-order chi connectivity index (χ1) is 11.8. The van der Waals surface area contributed by atoms with E-state index in [2.05, 4.69) is 29.6 Å². The largest absolute Gasteiger partial charge is 0.468 e. The second-order valence-corrected chi connectivity index (χ2v) is 6.49. The standard InChI is InChI=1S/C21H17NO2/c23-17-8-3-7-15-20(17)21(18-9-4-12-24-18)19-14-6-2-1-5-13(14)10-11-16(19)22-15/h1-2,4-6,9-12,21-22H,3,7-8H2. The molecule has 3 heteroatoms. The van der Waals surface area contributed by atoms with Gasteiger partial charge in [-0.05, 0) is 47.4 Å². The van der Waals surface area contributed by atoms with Crippen molar-refractivity contribution in [2.75, 3.05) is 5.32 Å². The second-order valence-electron chi connectivity index (χ2n) is 6.49. The van der Waals surface area contributed by atoms with Crippen LogP contribution >= 0.6 is 0 Å². The molecular formula is C21H17NO2. The molecule has 1 aromatic heterocycles. The van der Waals surface area contributed by atoms with Gasteiger partial charge in [-0.15, -0.1) is 0 Å². The van der Waals surface area contributed by atoms with Crippen molar-refractivity contribution in [3.05, 3.63) is 77.4 Å². The number of rotatable bonds is 1. The number of hydrogen-bond donors (Lipinski definition) is 1. The Hall–Kier alpha value is -2.81. The average molecular weight is 315 g/mol. The summed E-state index contributed by atoms with van der Waals surface area (Å²) < 4.78 is 5.76. The number of anilines is 1. The van der Waals surface area contributed by atoms with E-state index in [0.717, 1.165) is 41.1 Å². The van der Waals surface area contributed by atoms with Gasteiger partial charge in [-0.25, -0.2) is 0 Å². The molecule has 1 aliphatic carbocycles. The van der Waals surface area contributed by atoms with Gasteiger partial charge in [-0.2, -0.15) is 0 Å². The van der Waals surface area contributed by atoms with Gasteiger partial charge in [0, 0.05) is 23.4 Å². The maximum absolute atomic E-state index is 12.7. The van der Waals surface area contributed by atoms with Crippen molar-refractivity contribution in [1.82, 2.24) is 0 Å². The molecule has 2 aliphatic rings. The molecule has 1 unspecified atom stereocenters. The molecule has 0 fully saturated rings. The minimum atomic E-state index is -0.120. The number of carbonyl (C=O) groups excluding carboxylic acids is 1. The summed E-state index contributed by atoms with van der Waals surface area (Å²) in [7, 11) is 0. The Morgan fingerprint density at radius 2 is 1.92 bits per heavy atom. The van der Waals surface area contributed by atoms with Crippen LogP contribution in [-0.2, 0) is 4.79 Å². The summed E-state index contributed by atoms with van der Waals surface area (Å²) in [5, 5.41) is 5.89. The molecule has 0 saturated heterocycles. The number of allylic oxidation sites excluding steroid dienone is 2. The van der Waals surface area contributed by atoms with Gasteiger partial charge in [-0.3, -0.25) is 4.79 Å². The van der Waals surface area contributed by atoms with E-state index in [-0.39, 0.29) is 11.7 Å². The molecule has 0 saturated carbocycles. The summed E-state index contributed by atoms with van der Waals surface area (Å²) in [6.07, 6.45) is 4.15. The molecule has 118 valence electrons. The number of fused-ring (bicyclic) bond motifs is 3. The lowest BCUT2D eigenvalue weighted by molar-refractivity contribution is -0.116. The Balaban J connectivity index is 1.85. The molecule has 2 aromatic carbocycles. The van der Waals surface area contributed by atoms with Gasteiger partial charge < -0.3 is 9.73 Å². The molecule has 5 rings (SSSR count). The summed E-state index contributed by atoms with van der Waals surface area (Å²) in [4.78, 5) is 12.7. The molecule has 2 heterocycles. The van der Waals surface area contributed by atoms with Gasteiger partial charge in [0.1, 0.15) is 5.76 Å². The Kier molecular flexibility index (Phi) is 2.89. The Morgan fingerprint density at radius 1 is 1.00 bits per heavy atom. The number of Topliss-reactive ketones (excluding diaryl/α,β-unsaturated/α-hetero) is 1. The summed E-state index contributed by atoms with van der Waals surface area (Å²) in [6.45, 7) is 0. The third kappa shape index (κ3) is 1.88. The first-order valence-electron chi connectivity index (χ1n) is 8.41. The normalized spacial score (nSPS) is 19.8. The zero-order valence-corrected chi connectivity index (χ0v) is 13.2. The first kappa shape index (κ1) is 13.6. The van der Waals surface area contributed by atoms with Gasteiger partial charge in [0.05, 0.1) is 12.2 Å². The van der Waals surface area contributed by atoms with Crippen LogP contribution in [0.25, 0.3) is 10.8 Å². The van der Waals surface area contributed by atoms with Crippen LogP contribution in [0.2, 0.25) is 0 Å². The molecule has 1 aliphatic heterocycles. The highest BCUT2D eigenvalue weighted by molar-refractivity contribution is 6.03. The average Bonchev–Trinajstić information content (AvgIpc) is 3.14. The quantitative estimate of drug-likeness (QED) is 0.687. The minimum Gasteiger partial charge on any atom is -0.468 e. The van der Waals surface area contributed by atoms with E-state index in [0.29, 0.717) is 6.42 Å². The number of nitrogens with one attached hydrogen (secondary N) is 1. The molecule has 0 bridgehead atoms. The van der Waals surface area contributed by atoms with Gasteiger partial charge in [0.2, 0.25) is 0 Å². The lowest BCUT2D eigenvalue weighted by Crippen LogP contribution is -2.26. The van der Waals surface area contributed by atoms with Crippen molar-refractivity contribution in [3.8, 4) is 0 Å². The highest BCUT2D eigenvalue weighted by atomic mass is 16.3. The number of furan rings is 1. The van der Waals surface area contributed by atoms with Crippen LogP contribution in [0.4, 0.5) is 5.69 Å². The van der Waals surface area contributed by atoms with E-state index < -0.39 is 0 Å². The topological polar surface area (TPSA) is 42.2 Å². The first-order valence-corrected chi connectivity index (χ1v) is 8.41. The van der Waals surface area contributed by atoms with E-state index in [9.17, 15) is 4.79 Å². The van der Waals surface area contributed by atoms with Crippen molar-refractivity contribution in [2.45, 2.75) is 25.2 Å². The zero-order chi connectivity index (χ0) is 16.1. The van der Waals surface area contributed by atoms with E-state index in [1.807, 2.05) is 24.3 Å². The van der Waals surface area contributed by atoms with Crippen molar-refractivity contribution < 1.29 is 9.21 Å². The zero-order valence-electron chi connectivity index (χ0n) is 13.2. The van der Waals surface area contributed by atoms with Crippen LogP contribution in [0.3, 0.4) is 0 Å². The monoisotopic (exact) mass is 315 g/mol. The highest BCUT2D eigenvalue weighted by Crippen LogP contribution is 2.47. The summed E-state index contributed by atoms with van der Waals surface area (Å²) in [6, 6.07) is 16.5. The maximum Gasteiger partial charge on any atom is 0.161 e. The van der Waals surface area contributed by atoms with Crippen molar-refractivity contribution in [1.29, 1.82) is 0 Å². The van der Waals surface area contributed by atoms with E-state index in [1.165, 1.54) is 10.8 Å². The molecule has 0 amide bonds. The van der Waals surface area contributed by atoms with Gasteiger partial charge in [0.15, 0.2) is 5.78 Å². The van der Waals surface area contributed by atoms with Gasteiger partial charge in [0.25, 0.3) is 0 Å². The Bertz CT molecular complexity index is 982. The number of hydrogen-bond acceptors (Lipinski definition) is 3. The van der Waals surface area contributed by atoms with E-state index >= 15 is 0 Å². The van der Waals surface area contributed by atoms with Gasteiger partial charge >= 0.3 is 0 Å². The molecule has 3 nitrogen and oxygen atoms in total. The predicted molar refractivity (Wildman–Crippen MR) is 94.0 cm³/mol. The third-order valence-corrected chi connectivity index (χ3v) is 5.12. The number of ketones is 1. The Morgan fingerprint density at radius 3 is 2.79 bits per heavy atom. The highest BCUT2D eigenvalue weighted by Gasteiger charge is 2.37. The van der Waals surface area contributed by atoms with Crippen LogP contribution in [-0.4, -0.2) is 5.78 Å². The molecular weight excluding hydrogens is 298 g/mol. The van der Waals surface area contributed by atoms with Crippen LogP contribution in [0, 0.1) is 0 Å². The molecule has 3 aromatic rings. The summed E-state index contributed by atoms with van der Waals surface area (Å²) in [5.74, 6) is 0.964. The molecule has 0 spiro atoms. The van der Waals surface area contributed by atoms with Crippen LogP contribution in [0.5, 0.6) is 0 Å². The molecule has 1 atom stereocenters. The third-order valence-electron chi connectivity index (χ3n) is 5.12. The lowest BCUT2D eigenvalue weighted by Gasteiger charge is -2.33. The fraction of sp³-hybridized carbons (Fsp3) is 0.190.